The van der Waals surface area contributed by atoms with Crippen LogP contribution in [0.4, 0.5) is 0 Å². The standard InChI is InChI=1S/C24H29O5Si3/c1-16(2)23(25)26-15-9-14-24(27-30,28-31-21-12-7-10-17(3)19(21)5)29-32-22-13-8-11-18(4)20(22)6/h7-8,10-13H,1,9,14-15H2,2-6H3. The minimum atomic E-state index is -1.32. The van der Waals surface area contributed by atoms with Gasteiger partial charge >= 0.3 is 5.97 Å². The summed E-state index contributed by atoms with van der Waals surface area (Å²) in [5.41, 5.74) is 5.14. The maximum Gasteiger partial charge on any atom is 0.333 e. The largest absolute Gasteiger partial charge is 0.462 e. The summed E-state index contributed by atoms with van der Waals surface area (Å²) >= 11 is 0. The van der Waals surface area contributed by atoms with E-state index in [0.29, 0.717) is 18.4 Å². The molecule has 2 rings (SSSR count). The van der Waals surface area contributed by atoms with E-state index >= 15 is 0 Å². The average molecular weight is 482 g/mol. The molecule has 7 radical (unpaired) electrons. The van der Waals surface area contributed by atoms with Gasteiger partial charge in [0.05, 0.1) is 6.61 Å². The van der Waals surface area contributed by atoms with E-state index in [1.807, 2.05) is 24.3 Å². The van der Waals surface area contributed by atoms with Crippen LogP contribution >= 0.6 is 0 Å². The second-order valence-corrected chi connectivity index (χ2v) is 9.81. The number of aryl methyl sites for hydroxylation is 2. The van der Waals surface area contributed by atoms with Gasteiger partial charge in [-0.25, -0.2) is 4.79 Å². The van der Waals surface area contributed by atoms with Gasteiger partial charge < -0.3 is 18.0 Å². The fourth-order valence-corrected chi connectivity index (χ4v) is 5.15. The number of carbonyl (C=O) groups is 1. The Kier molecular flexibility index (Phi) is 10.3. The summed E-state index contributed by atoms with van der Waals surface area (Å²) in [7, 11) is 3.23. The molecule has 167 valence electrons. The molecule has 5 nitrogen and oxygen atoms in total. The van der Waals surface area contributed by atoms with Gasteiger partial charge in [-0.05, 0) is 73.7 Å². The molecule has 0 spiro atoms. The number of hydrogen-bond acceptors (Lipinski definition) is 5. The van der Waals surface area contributed by atoms with E-state index in [2.05, 4.69) is 56.9 Å². The summed E-state index contributed by atoms with van der Waals surface area (Å²) in [6.45, 7) is 13.7. The van der Waals surface area contributed by atoms with Gasteiger partial charge in [0.25, 0.3) is 36.0 Å². The Morgan fingerprint density at radius 3 is 1.91 bits per heavy atom. The second-order valence-electron chi connectivity index (χ2n) is 7.71. The highest BCUT2D eigenvalue weighted by Gasteiger charge is 2.32. The van der Waals surface area contributed by atoms with E-state index in [0.717, 1.165) is 10.4 Å². The first-order valence-electron chi connectivity index (χ1n) is 10.4. The van der Waals surface area contributed by atoms with Crippen LogP contribution in [0, 0.1) is 27.7 Å². The average Bonchev–Trinajstić information content (AvgIpc) is 2.77. The van der Waals surface area contributed by atoms with Crippen molar-refractivity contribution in [3.63, 3.8) is 0 Å². The monoisotopic (exact) mass is 481 g/mol. The molecule has 0 saturated carbocycles. The third kappa shape index (κ3) is 7.36. The quantitative estimate of drug-likeness (QED) is 0.153. The Bertz CT molecular complexity index is 890. The van der Waals surface area contributed by atoms with Gasteiger partial charge in [0.1, 0.15) is 0 Å². The van der Waals surface area contributed by atoms with Crippen LogP contribution in [0.25, 0.3) is 0 Å². The van der Waals surface area contributed by atoms with Crippen molar-refractivity contribution in [1.82, 2.24) is 0 Å². The number of hydrogen-bond donors (Lipinski definition) is 0. The maximum absolute atomic E-state index is 11.7. The Morgan fingerprint density at radius 1 is 0.969 bits per heavy atom. The summed E-state index contributed by atoms with van der Waals surface area (Å²) in [4.78, 5) is 11.7. The van der Waals surface area contributed by atoms with Crippen LogP contribution in [0.3, 0.4) is 0 Å². The Hall–Kier alpha value is -1.82. The van der Waals surface area contributed by atoms with Crippen molar-refractivity contribution in [2.24, 2.45) is 0 Å². The zero-order valence-corrected chi connectivity index (χ0v) is 22.3. The van der Waals surface area contributed by atoms with Crippen molar-refractivity contribution in [2.75, 3.05) is 6.61 Å². The predicted molar refractivity (Wildman–Crippen MR) is 129 cm³/mol. The number of rotatable bonds is 12. The molecule has 0 heterocycles. The Balaban J connectivity index is 2.14. The van der Waals surface area contributed by atoms with Gasteiger partial charge in [0, 0.05) is 12.0 Å². The minimum Gasteiger partial charge on any atom is -0.462 e. The first-order chi connectivity index (χ1) is 15.2. The first-order valence-corrected chi connectivity index (χ1v) is 12.6. The lowest BCUT2D eigenvalue weighted by Gasteiger charge is -2.33. The van der Waals surface area contributed by atoms with Crippen molar-refractivity contribution in [3.8, 4) is 0 Å². The van der Waals surface area contributed by atoms with Gasteiger partial charge in [-0.15, -0.1) is 0 Å². The molecule has 0 aliphatic heterocycles. The van der Waals surface area contributed by atoms with Crippen molar-refractivity contribution >= 4 is 46.4 Å². The van der Waals surface area contributed by atoms with Gasteiger partial charge in [-0.2, -0.15) is 0 Å². The molecule has 0 unspecified atom stereocenters. The van der Waals surface area contributed by atoms with E-state index in [9.17, 15) is 4.79 Å². The fourth-order valence-electron chi connectivity index (χ4n) is 2.78. The summed E-state index contributed by atoms with van der Waals surface area (Å²) in [5, 5.41) is 2.18. The fraction of sp³-hybridized carbons (Fsp3) is 0.375. The van der Waals surface area contributed by atoms with E-state index in [4.69, 9.17) is 18.0 Å². The summed E-state index contributed by atoms with van der Waals surface area (Å²) < 4.78 is 23.3. The van der Waals surface area contributed by atoms with E-state index < -0.39 is 11.9 Å². The summed E-state index contributed by atoms with van der Waals surface area (Å²) in [6.07, 6.45) is 0.869. The number of ether oxygens (including phenoxy) is 1. The molecule has 8 heteroatoms. The predicted octanol–water partition coefficient (Wildman–Crippen LogP) is 2.80. The normalized spacial score (nSPS) is 11.4. The SMILES string of the molecule is C=C(C)C(=O)OCCCC(O[Si])(O[Si]c1cccc(C)c1C)O[Si]c1cccc(C)c1C. The molecule has 0 bridgehead atoms. The zero-order chi connectivity index (χ0) is 23.7. The smallest absolute Gasteiger partial charge is 0.333 e. The van der Waals surface area contributed by atoms with Gasteiger partial charge in [-0.3, -0.25) is 0 Å². The molecule has 0 saturated heterocycles. The number of carbonyl (C=O) groups excluding carboxylic acids is 1. The van der Waals surface area contributed by atoms with Gasteiger partial charge in [0.15, 0.2) is 0 Å². The Morgan fingerprint density at radius 2 is 1.47 bits per heavy atom. The van der Waals surface area contributed by atoms with E-state index in [1.54, 1.807) is 6.92 Å². The van der Waals surface area contributed by atoms with Gasteiger partial charge in [0.2, 0.25) is 0 Å². The highest BCUT2D eigenvalue weighted by atomic mass is 28.2. The topological polar surface area (TPSA) is 54.0 Å². The van der Waals surface area contributed by atoms with Crippen molar-refractivity contribution in [2.45, 2.75) is 53.4 Å². The van der Waals surface area contributed by atoms with Crippen molar-refractivity contribution < 1.29 is 22.8 Å². The van der Waals surface area contributed by atoms with Crippen LogP contribution in [0.5, 0.6) is 0 Å². The van der Waals surface area contributed by atoms with E-state index in [1.165, 1.54) is 22.3 Å². The lowest BCUT2D eigenvalue weighted by molar-refractivity contribution is -0.257. The van der Waals surface area contributed by atoms with Crippen LogP contribution in [-0.4, -0.2) is 48.6 Å². The van der Waals surface area contributed by atoms with Crippen LogP contribution in [0.2, 0.25) is 0 Å². The molecule has 2 aromatic rings. The molecule has 32 heavy (non-hydrogen) atoms. The maximum atomic E-state index is 11.7. The molecule has 0 fully saturated rings. The van der Waals surface area contributed by atoms with Crippen LogP contribution in [0.1, 0.15) is 42.0 Å². The summed E-state index contributed by atoms with van der Waals surface area (Å²) in [6, 6.07) is 12.3. The molecule has 0 aromatic heterocycles. The third-order valence-electron chi connectivity index (χ3n) is 5.21. The molecular weight excluding hydrogens is 453 g/mol. The van der Waals surface area contributed by atoms with Crippen molar-refractivity contribution in [1.29, 1.82) is 0 Å². The zero-order valence-electron chi connectivity index (χ0n) is 19.3. The van der Waals surface area contributed by atoms with Crippen LogP contribution in [-0.2, 0) is 22.8 Å². The lowest BCUT2D eigenvalue weighted by Crippen LogP contribution is -2.45. The number of benzene rings is 2. The summed E-state index contributed by atoms with van der Waals surface area (Å²) in [5.74, 6) is -1.73. The first kappa shape index (κ1) is 26.4. The highest BCUT2D eigenvalue weighted by molar-refractivity contribution is 6.49. The molecule has 0 aliphatic rings. The molecule has 0 atom stereocenters. The lowest BCUT2D eigenvalue weighted by atomic mass is 10.1. The Labute approximate surface area is 199 Å². The number of esters is 1. The van der Waals surface area contributed by atoms with Gasteiger partial charge in [-0.1, -0.05) is 43.0 Å². The molecule has 0 N–H and O–H groups in total. The van der Waals surface area contributed by atoms with Crippen molar-refractivity contribution in [3.05, 3.63) is 70.8 Å². The molecule has 2 aromatic carbocycles. The second kappa shape index (κ2) is 12.4. The minimum absolute atomic E-state index is 0.0250. The molecule has 0 aliphatic carbocycles. The highest BCUT2D eigenvalue weighted by Crippen LogP contribution is 2.21. The molecule has 0 amide bonds. The van der Waals surface area contributed by atoms with Crippen LogP contribution in [0.15, 0.2) is 48.6 Å². The van der Waals surface area contributed by atoms with E-state index in [-0.39, 0.29) is 26.1 Å². The van der Waals surface area contributed by atoms with Crippen LogP contribution < -0.4 is 10.4 Å². The molecular formula is C24H29O5Si3. The third-order valence-corrected chi connectivity index (χ3v) is 7.87.